The first-order valence-electron chi connectivity index (χ1n) is 8.03. The van der Waals surface area contributed by atoms with Crippen LogP contribution in [0, 0.1) is 11.6 Å². The smallest absolute Gasteiger partial charge is 0.242 e. The number of carbonyl (C=O) groups is 1. The molecule has 5 nitrogen and oxygen atoms in total. The van der Waals surface area contributed by atoms with Gasteiger partial charge < -0.3 is 5.32 Å². The van der Waals surface area contributed by atoms with Gasteiger partial charge in [-0.3, -0.25) is 4.79 Å². The number of rotatable bonds is 5. The second kappa shape index (κ2) is 7.42. The molecule has 0 aliphatic heterocycles. The number of halogens is 2. The number of benzene rings is 3. The monoisotopic (exact) mass is 390 g/mol. The Bertz CT molecular complexity index is 1120. The Hall–Kier alpha value is -2.84. The summed E-state index contributed by atoms with van der Waals surface area (Å²) in [6.07, 6.45) is 0. The summed E-state index contributed by atoms with van der Waals surface area (Å²) in [4.78, 5) is 12.2. The number of sulfonamides is 1. The maximum absolute atomic E-state index is 13.6. The van der Waals surface area contributed by atoms with Crippen LogP contribution in [0.2, 0.25) is 0 Å². The van der Waals surface area contributed by atoms with E-state index < -0.39 is 33.6 Å². The lowest BCUT2D eigenvalue weighted by molar-refractivity contribution is -0.117. The highest BCUT2D eigenvalue weighted by Gasteiger charge is 2.23. The standard InChI is InChI=1S/C19H16F2N2O3S/c1-12(19(24)22-18-9-7-15(20)11-17(18)21)23-27(25,26)16-8-6-13-4-2-3-5-14(13)10-16/h2-12,23H,1H3,(H,22,24)/t12-/m1/s1. The van der Waals surface area contributed by atoms with Gasteiger partial charge in [-0.1, -0.05) is 30.3 Å². The van der Waals surface area contributed by atoms with Crippen LogP contribution in [-0.4, -0.2) is 20.4 Å². The number of carbonyl (C=O) groups excluding carboxylic acids is 1. The minimum atomic E-state index is -3.97. The van der Waals surface area contributed by atoms with Crippen molar-refractivity contribution in [1.29, 1.82) is 0 Å². The van der Waals surface area contributed by atoms with Gasteiger partial charge in [-0.05, 0) is 42.0 Å². The van der Waals surface area contributed by atoms with Crippen LogP contribution in [0.3, 0.4) is 0 Å². The van der Waals surface area contributed by atoms with Crippen LogP contribution in [0.4, 0.5) is 14.5 Å². The second-order valence-electron chi connectivity index (χ2n) is 5.97. The van der Waals surface area contributed by atoms with Crippen molar-refractivity contribution in [2.75, 3.05) is 5.32 Å². The van der Waals surface area contributed by atoms with E-state index in [0.29, 0.717) is 6.07 Å². The van der Waals surface area contributed by atoms with Gasteiger partial charge in [-0.15, -0.1) is 0 Å². The molecule has 3 rings (SSSR count). The van der Waals surface area contributed by atoms with Crippen molar-refractivity contribution < 1.29 is 22.0 Å². The maximum atomic E-state index is 13.6. The zero-order valence-corrected chi connectivity index (χ0v) is 15.1. The summed E-state index contributed by atoms with van der Waals surface area (Å²) in [6, 6.07) is 13.4. The second-order valence-corrected chi connectivity index (χ2v) is 7.68. The third kappa shape index (κ3) is 4.29. The lowest BCUT2D eigenvalue weighted by Gasteiger charge is -2.15. The molecule has 3 aromatic carbocycles. The highest BCUT2D eigenvalue weighted by Crippen LogP contribution is 2.19. The molecule has 0 aliphatic carbocycles. The largest absolute Gasteiger partial charge is 0.322 e. The van der Waals surface area contributed by atoms with Crippen molar-refractivity contribution in [3.63, 3.8) is 0 Å². The Morgan fingerprint density at radius 3 is 2.37 bits per heavy atom. The normalized spacial score (nSPS) is 12.7. The first-order chi connectivity index (χ1) is 12.8. The predicted octanol–water partition coefficient (Wildman–Crippen LogP) is 3.42. The van der Waals surface area contributed by atoms with Gasteiger partial charge >= 0.3 is 0 Å². The quantitative estimate of drug-likeness (QED) is 0.701. The number of hydrogen-bond acceptors (Lipinski definition) is 3. The molecule has 0 bridgehead atoms. The van der Waals surface area contributed by atoms with Crippen molar-refractivity contribution in [2.45, 2.75) is 17.9 Å². The molecule has 0 radical (unpaired) electrons. The van der Waals surface area contributed by atoms with Gasteiger partial charge in [-0.25, -0.2) is 17.2 Å². The van der Waals surface area contributed by atoms with Crippen LogP contribution in [0.25, 0.3) is 10.8 Å². The molecule has 0 saturated carbocycles. The number of hydrogen-bond donors (Lipinski definition) is 2. The van der Waals surface area contributed by atoms with E-state index in [4.69, 9.17) is 0 Å². The number of nitrogens with one attached hydrogen (secondary N) is 2. The minimum Gasteiger partial charge on any atom is -0.322 e. The van der Waals surface area contributed by atoms with E-state index in [1.165, 1.54) is 19.1 Å². The van der Waals surface area contributed by atoms with Crippen molar-refractivity contribution in [3.8, 4) is 0 Å². The van der Waals surface area contributed by atoms with Crippen LogP contribution in [0.5, 0.6) is 0 Å². The SMILES string of the molecule is C[C@@H](NS(=O)(=O)c1ccc2ccccc2c1)C(=O)Nc1ccc(F)cc1F. The van der Waals surface area contributed by atoms with Crippen molar-refractivity contribution in [1.82, 2.24) is 4.72 Å². The molecule has 3 aromatic rings. The Kier molecular flexibility index (Phi) is 5.20. The van der Waals surface area contributed by atoms with Crippen LogP contribution in [0.15, 0.2) is 65.6 Å². The number of fused-ring (bicyclic) bond motifs is 1. The van der Waals surface area contributed by atoms with Gasteiger partial charge in [0.25, 0.3) is 0 Å². The molecule has 0 heterocycles. The summed E-state index contributed by atoms with van der Waals surface area (Å²) in [5.41, 5.74) is -0.238. The highest BCUT2D eigenvalue weighted by molar-refractivity contribution is 7.89. The summed E-state index contributed by atoms with van der Waals surface area (Å²) in [5.74, 6) is -2.51. The fourth-order valence-electron chi connectivity index (χ4n) is 2.52. The Balaban J connectivity index is 1.76. The summed E-state index contributed by atoms with van der Waals surface area (Å²) in [7, 11) is -3.97. The van der Waals surface area contributed by atoms with Crippen molar-refractivity contribution in [2.24, 2.45) is 0 Å². The van der Waals surface area contributed by atoms with Crippen LogP contribution < -0.4 is 10.0 Å². The van der Waals surface area contributed by atoms with Crippen LogP contribution in [0.1, 0.15) is 6.92 Å². The van der Waals surface area contributed by atoms with Crippen molar-refractivity contribution in [3.05, 3.63) is 72.3 Å². The average Bonchev–Trinajstić information content (AvgIpc) is 2.63. The molecule has 0 saturated heterocycles. The lowest BCUT2D eigenvalue weighted by atomic mass is 10.1. The molecule has 27 heavy (non-hydrogen) atoms. The van der Waals surface area contributed by atoms with E-state index in [0.717, 1.165) is 22.9 Å². The third-order valence-electron chi connectivity index (χ3n) is 3.95. The Morgan fingerprint density at radius 2 is 1.67 bits per heavy atom. The summed E-state index contributed by atoms with van der Waals surface area (Å²) >= 11 is 0. The molecular weight excluding hydrogens is 374 g/mol. The van der Waals surface area contributed by atoms with Crippen LogP contribution >= 0.6 is 0 Å². The Labute approximate surface area is 155 Å². The molecule has 140 valence electrons. The van der Waals surface area contributed by atoms with E-state index >= 15 is 0 Å². The van der Waals surface area contributed by atoms with Gasteiger partial charge in [0.1, 0.15) is 11.6 Å². The van der Waals surface area contributed by atoms with E-state index in [2.05, 4.69) is 10.0 Å². The fourth-order valence-corrected chi connectivity index (χ4v) is 3.76. The van der Waals surface area contributed by atoms with Gasteiger partial charge in [-0.2, -0.15) is 4.72 Å². The molecule has 0 spiro atoms. The Morgan fingerprint density at radius 1 is 0.963 bits per heavy atom. The predicted molar refractivity (Wildman–Crippen MR) is 98.7 cm³/mol. The molecule has 0 fully saturated rings. The summed E-state index contributed by atoms with van der Waals surface area (Å²) in [5, 5.41) is 3.86. The summed E-state index contributed by atoms with van der Waals surface area (Å²) < 4.78 is 53.9. The minimum absolute atomic E-state index is 0.00816. The molecule has 8 heteroatoms. The molecule has 0 aromatic heterocycles. The van der Waals surface area contributed by atoms with Crippen LogP contribution in [-0.2, 0) is 14.8 Å². The fraction of sp³-hybridized carbons (Fsp3) is 0.105. The highest BCUT2D eigenvalue weighted by atomic mass is 32.2. The van der Waals surface area contributed by atoms with Gasteiger partial charge in [0.2, 0.25) is 15.9 Å². The zero-order chi connectivity index (χ0) is 19.6. The van der Waals surface area contributed by atoms with E-state index in [-0.39, 0.29) is 10.6 Å². The first-order valence-corrected chi connectivity index (χ1v) is 9.51. The molecule has 2 N–H and O–H groups in total. The van der Waals surface area contributed by atoms with Crippen molar-refractivity contribution >= 4 is 32.4 Å². The number of anilines is 1. The van der Waals surface area contributed by atoms with E-state index in [9.17, 15) is 22.0 Å². The third-order valence-corrected chi connectivity index (χ3v) is 5.48. The average molecular weight is 390 g/mol. The van der Waals surface area contributed by atoms with Gasteiger partial charge in [0.05, 0.1) is 16.6 Å². The van der Waals surface area contributed by atoms with Gasteiger partial charge in [0, 0.05) is 6.07 Å². The van der Waals surface area contributed by atoms with E-state index in [1.54, 1.807) is 18.2 Å². The molecule has 1 amide bonds. The first kappa shape index (κ1) is 18.9. The van der Waals surface area contributed by atoms with E-state index in [1.807, 2.05) is 12.1 Å². The molecule has 0 aliphatic rings. The molecule has 1 atom stereocenters. The maximum Gasteiger partial charge on any atom is 0.242 e. The molecular formula is C19H16F2N2O3S. The zero-order valence-electron chi connectivity index (χ0n) is 14.2. The summed E-state index contributed by atoms with van der Waals surface area (Å²) in [6.45, 7) is 1.33. The topological polar surface area (TPSA) is 75.3 Å². The molecule has 0 unspecified atom stereocenters. The lowest BCUT2D eigenvalue weighted by Crippen LogP contribution is -2.41. The van der Waals surface area contributed by atoms with Gasteiger partial charge in [0.15, 0.2) is 0 Å². The number of amides is 1.